The first-order valence-corrected chi connectivity index (χ1v) is 10.2. The molecule has 1 unspecified atom stereocenters. The quantitative estimate of drug-likeness (QED) is 0.773. The monoisotopic (exact) mass is 375 g/mol. The first kappa shape index (κ1) is 17.9. The normalized spacial score (nSPS) is 15.7. The predicted octanol–water partition coefficient (Wildman–Crippen LogP) is 4.06. The van der Waals surface area contributed by atoms with Crippen LogP contribution in [0.1, 0.15) is 32.6 Å². The molecule has 1 aromatic carbocycles. The van der Waals surface area contributed by atoms with Crippen molar-refractivity contribution in [1.82, 2.24) is 15.6 Å². The molecule has 7 heteroatoms. The summed E-state index contributed by atoms with van der Waals surface area (Å²) in [5.74, 6) is -0.294. The van der Waals surface area contributed by atoms with Gasteiger partial charge in [-0.15, -0.1) is 11.3 Å². The molecule has 1 aliphatic carbocycles. The van der Waals surface area contributed by atoms with Crippen molar-refractivity contribution in [3.05, 3.63) is 35.7 Å². The van der Waals surface area contributed by atoms with Gasteiger partial charge in [-0.25, -0.2) is 9.78 Å². The van der Waals surface area contributed by atoms with Gasteiger partial charge in [0, 0.05) is 17.0 Å². The van der Waals surface area contributed by atoms with Gasteiger partial charge in [-0.2, -0.15) is 0 Å². The van der Waals surface area contributed by atoms with Crippen molar-refractivity contribution in [3.8, 4) is 11.3 Å². The number of nitrogens with one attached hydrogen (secondary N) is 2. The first-order chi connectivity index (χ1) is 12.1. The molecule has 1 aliphatic rings. The van der Waals surface area contributed by atoms with Crippen LogP contribution in [0, 0.1) is 0 Å². The molecular weight excluding hydrogens is 354 g/mol. The second-order valence-electron chi connectivity index (χ2n) is 6.07. The summed E-state index contributed by atoms with van der Waals surface area (Å²) < 4.78 is 0.817. The summed E-state index contributed by atoms with van der Waals surface area (Å²) in [6.45, 7) is 1.78. The molecule has 1 heterocycles. The number of carbonyl (C=O) groups is 2. The summed E-state index contributed by atoms with van der Waals surface area (Å²) in [5.41, 5.74) is 1.96. The molecule has 5 nitrogen and oxygen atoms in total. The minimum atomic E-state index is -0.395. The summed E-state index contributed by atoms with van der Waals surface area (Å²) >= 11 is 2.87. The van der Waals surface area contributed by atoms with E-state index in [1.807, 2.05) is 35.7 Å². The Kier molecular flexibility index (Phi) is 6.09. The van der Waals surface area contributed by atoms with Crippen molar-refractivity contribution >= 4 is 35.0 Å². The molecule has 2 aromatic rings. The van der Waals surface area contributed by atoms with E-state index in [-0.39, 0.29) is 17.2 Å². The van der Waals surface area contributed by atoms with E-state index in [4.69, 9.17) is 0 Å². The van der Waals surface area contributed by atoms with Crippen LogP contribution in [0.2, 0.25) is 0 Å². The zero-order valence-corrected chi connectivity index (χ0v) is 15.7. The van der Waals surface area contributed by atoms with E-state index in [0.717, 1.165) is 41.3 Å². The highest BCUT2D eigenvalue weighted by atomic mass is 32.2. The summed E-state index contributed by atoms with van der Waals surface area (Å²) in [6.07, 6.45) is 4.26. The molecule has 0 aliphatic heterocycles. The molecule has 1 fully saturated rings. The Hall–Kier alpha value is -1.86. The third-order valence-electron chi connectivity index (χ3n) is 4.13. The van der Waals surface area contributed by atoms with Crippen molar-refractivity contribution in [2.24, 2.45) is 0 Å². The molecule has 132 valence electrons. The topological polar surface area (TPSA) is 71.1 Å². The largest absolute Gasteiger partial charge is 0.335 e. The fourth-order valence-corrected chi connectivity index (χ4v) is 4.73. The van der Waals surface area contributed by atoms with Crippen LogP contribution >= 0.6 is 23.1 Å². The molecule has 0 bridgehead atoms. The highest BCUT2D eigenvalue weighted by Crippen LogP contribution is 2.30. The Labute approximate surface area is 155 Å². The number of benzene rings is 1. The number of urea groups is 1. The molecule has 1 aromatic heterocycles. The van der Waals surface area contributed by atoms with Gasteiger partial charge in [0.25, 0.3) is 0 Å². The number of amides is 3. The maximum Gasteiger partial charge on any atom is 0.321 e. The lowest BCUT2D eigenvalue weighted by Crippen LogP contribution is -2.45. The standard InChI is InChI=1S/C18H21N3O2S2/c1-12(16(22)21-17(23)19-14-9-5-6-10-14)25-18-20-15(11-24-18)13-7-3-2-4-8-13/h2-4,7-8,11-12,14H,5-6,9-10H2,1H3,(H2,19,21,22,23). The lowest BCUT2D eigenvalue weighted by atomic mass is 10.2. The molecular formula is C18H21N3O2S2. The van der Waals surface area contributed by atoms with E-state index in [2.05, 4.69) is 15.6 Å². The first-order valence-electron chi connectivity index (χ1n) is 8.41. The lowest BCUT2D eigenvalue weighted by molar-refractivity contribution is -0.119. The van der Waals surface area contributed by atoms with E-state index in [9.17, 15) is 9.59 Å². The Bertz CT molecular complexity index is 727. The summed E-state index contributed by atoms with van der Waals surface area (Å²) in [4.78, 5) is 28.6. The number of hydrogen-bond acceptors (Lipinski definition) is 5. The van der Waals surface area contributed by atoms with Gasteiger partial charge in [-0.05, 0) is 19.8 Å². The summed E-state index contributed by atoms with van der Waals surface area (Å²) in [6, 6.07) is 9.73. The number of aromatic nitrogens is 1. The number of hydrogen-bond donors (Lipinski definition) is 2. The van der Waals surface area contributed by atoms with Crippen LogP contribution in [-0.2, 0) is 4.79 Å². The molecule has 0 radical (unpaired) electrons. The Morgan fingerprint density at radius 3 is 2.68 bits per heavy atom. The molecule has 3 rings (SSSR count). The number of nitrogens with zero attached hydrogens (tertiary/aromatic N) is 1. The molecule has 3 amide bonds. The van der Waals surface area contributed by atoms with Crippen LogP contribution in [-0.4, -0.2) is 28.2 Å². The van der Waals surface area contributed by atoms with Gasteiger partial charge in [0.1, 0.15) is 0 Å². The van der Waals surface area contributed by atoms with Gasteiger partial charge in [-0.3, -0.25) is 10.1 Å². The molecule has 1 atom stereocenters. The highest BCUT2D eigenvalue weighted by molar-refractivity contribution is 8.02. The maximum absolute atomic E-state index is 12.2. The number of rotatable bonds is 5. The smallest absolute Gasteiger partial charge is 0.321 e. The third-order valence-corrected chi connectivity index (χ3v) is 6.20. The zero-order chi connectivity index (χ0) is 17.6. The fraction of sp³-hybridized carbons (Fsp3) is 0.389. The van der Waals surface area contributed by atoms with E-state index in [1.54, 1.807) is 6.92 Å². The zero-order valence-electron chi connectivity index (χ0n) is 14.0. The van der Waals surface area contributed by atoms with Crippen LogP contribution in [0.4, 0.5) is 4.79 Å². The van der Waals surface area contributed by atoms with Gasteiger partial charge in [0.15, 0.2) is 4.34 Å². The number of thioether (sulfide) groups is 1. The number of thiazole rings is 1. The molecule has 2 N–H and O–H groups in total. The molecule has 1 saturated carbocycles. The van der Waals surface area contributed by atoms with Gasteiger partial charge < -0.3 is 5.32 Å². The Morgan fingerprint density at radius 1 is 1.24 bits per heavy atom. The number of carbonyl (C=O) groups excluding carboxylic acids is 2. The average molecular weight is 376 g/mol. The highest BCUT2D eigenvalue weighted by Gasteiger charge is 2.21. The summed E-state index contributed by atoms with van der Waals surface area (Å²) in [7, 11) is 0. The minimum Gasteiger partial charge on any atom is -0.335 e. The van der Waals surface area contributed by atoms with E-state index in [1.165, 1.54) is 23.1 Å². The van der Waals surface area contributed by atoms with Crippen LogP contribution < -0.4 is 10.6 Å². The van der Waals surface area contributed by atoms with Gasteiger partial charge in [-0.1, -0.05) is 54.9 Å². The second kappa shape index (κ2) is 8.49. The van der Waals surface area contributed by atoms with Crippen LogP contribution in [0.25, 0.3) is 11.3 Å². The fourth-order valence-electron chi connectivity index (χ4n) is 2.76. The number of imide groups is 1. The van der Waals surface area contributed by atoms with Gasteiger partial charge >= 0.3 is 6.03 Å². The maximum atomic E-state index is 12.2. The van der Waals surface area contributed by atoms with Crippen LogP contribution in [0.15, 0.2) is 40.1 Å². The average Bonchev–Trinajstić information content (AvgIpc) is 3.27. The van der Waals surface area contributed by atoms with E-state index in [0.29, 0.717) is 0 Å². The van der Waals surface area contributed by atoms with Crippen molar-refractivity contribution in [3.63, 3.8) is 0 Å². The van der Waals surface area contributed by atoms with E-state index < -0.39 is 6.03 Å². The molecule has 0 saturated heterocycles. The van der Waals surface area contributed by atoms with Crippen LogP contribution in [0.3, 0.4) is 0 Å². The molecule has 0 spiro atoms. The van der Waals surface area contributed by atoms with Crippen molar-refractivity contribution in [2.45, 2.75) is 48.2 Å². The van der Waals surface area contributed by atoms with Crippen molar-refractivity contribution in [2.75, 3.05) is 0 Å². The lowest BCUT2D eigenvalue weighted by Gasteiger charge is -2.14. The van der Waals surface area contributed by atoms with Gasteiger partial charge in [0.2, 0.25) is 5.91 Å². The van der Waals surface area contributed by atoms with Crippen molar-refractivity contribution < 1.29 is 9.59 Å². The van der Waals surface area contributed by atoms with Gasteiger partial charge in [0.05, 0.1) is 10.9 Å². The van der Waals surface area contributed by atoms with Crippen LogP contribution in [0.5, 0.6) is 0 Å². The van der Waals surface area contributed by atoms with Crippen molar-refractivity contribution in [1.29, 1.82) is 0 Å². The third kappa shape index (κ3) is 5.06. The predicted molar refractivity (Wildman–Crippen MR) is 102 cm³/mol. The molecule has 25 heavy (non-hydrogen) atoms. The Morgan fingerprint density at radius 2 is 1.96 bits per heavy atom. The second-order valence-corrected chi connectivity index (χ2v) is 8.51. The minimum absolute atomic E-state index is 0.197. The SMILES string of the molecule is CC(Sc1nc(-c2ccccc2)cs1)C(=O)NC(=O)NC1CCCC1. The van der Waals surface area contributed by atoms with E-state index >= 15 is 0 Å². The summed E-state index contributed by atoms with van der Waals surface area (Å²) in [5, 5.41) is 6.89. The Balaban J connectivity index is 1.51.